The van der Waals surface area contributed by atoms with Crippen LogP contribution in [-0.2, 0) is 12.7 Å². The molecule has 1 fully saturated rings. The van der Waals surface area contributed by atoms with Crippen molar-refractivity contribution in [2.45, 2.75) is 32.0 Å². The van der Waals surface area contributed by atoms with Gasteiger partial charge in [-0.2, -0.15) is 13.2 Å². The Labute approximate surface area is 103 Å². The molecule has 0 saturated heterocycles. The molecule has 0 aliphatic heterocycles. The Bertz CT molecular complexity index is 416. The first kappa shape index (κ1) is 13.1. The third-order valence-corrected chi connectivity index (χ3v) is 2.91. The Morgan fingerprint density at radius 2 is 2.06 bits per heavy atom. The average Bonchev–Trinajstić information content (AvgIpc) is 3.12. The van der Waals surface area contributed by atoms with E-state index in [4.69, 9.17) is 10.5 Å². The molecule has 18 heavy (non-hydrogen) atoms. The van der Waals surface area contributed by atoms with E-state index in [2.05, 4.69) is 4.98 Å². The van der Waals surface area contributed by atoms with E-state index in [-0.39, 0.29) is 12.4 Å². The molecule has 0 spiro atoms. The van der Waals surface area contributed by atoms with Crippen molar-refractivity contribution in [2.75, 3.05) is 6.61 Å². The molecule has 100 valence electrons. The van der Waals surface area contributed by atoms with Gasteiger partial charge in [0.2, 0.25) is 5.88 Å². The van der Waals surface area contributed by atoms with Crippen LogP contribution in [0.25, 0.3) is 0 Å². The van der Waals surface area contributed by atoms with E-state index in [1.807, 2.05) is 0 Å². The molecule has 0 amide bonds. The largest absolute Gasteiger partial charge is 0.477 e. The van der Waals surface area contributed by atoms with E-state index in [0.29, 0.717) is 18.1 Å². The normalized spacial score (nSPS) is 15.8. The summed E-state index contributed by atoms with van der Waals surface area (Å²) in [6.07, 6.45) is -1.23. The van der Waals surface area contributed by atoms with Crippen molar-refractivity contribution in [1.82, 2.24) is 4.98 Å². The standard InChI is InChI=1S/C12H15F3N2O/c13-12(14,15)10-4-3-9(7-16)11(17-10)18-6-5-8-1-2-8/h3-4,8H,1-2,5-7,16H2. The zero-order chi connectivity index (χ0) is 13.2. The van der Waals surface area contributed by atoms with Crippen molar-refractivity contribution >= 4 is 0 Å². The maximum absolute atomic E-state index is 12.5. The predicted octanol–water partition coefficient (Wildman–Crippen LogP) is 2.74. The number of rotatable bonds is 5. The minimum absolute atomic E-state index is 0.00738. The van der Waals surface area contributed by atoms with Crippen molar-refractivity contribution in [2.24, 2.45) is 11.7 Å². The molecule has 2 N–H and O–H groups in total. The number of alkyl halides is 3. The lowest BCUT2D eigenvalue weighted by molar-refractivity contribution is -0.141. The van der Waals surface area contributed by atoms with Crippen LogP contribution in [0.3, 0.4) is 0 Å². The van der Waals surface area contributed by atoms with Gasteiger partial charge in [0.25, 0.3) is 0 Å². The monoisotopic (exact) mass is 260 g/mol. The molecule has 0 atom stereocenters. The van der Waals surface area contributed by atoms with Crippen LogP contribution in [0.15, 0.2) is 12.1 Å². The van der Waals surface area contributed by atoms with Gasteiger partial charge in [0.05, 0.1) is 6.61 Å². The SMILES string of the molecule is NCc1ccc(C(F)(F)F)nc1OCCC1CC1. The highest BCUT2D eigenvalue weighted by molar-refractivity contribution is 5.29. The van der Waals surface area contributed by atoms with Crippen LogP contribution in [0.5, 0.6) is 5.88 Å². The van der Waals surface area contributed by atoms with Crippen LogP contribution in [-0.4, -0.2) is 11.6 Å². The number of hydrogen-bond donors (Lipinski definition) is 1. The summed E-state index contributed by atoms with van der Waals surface area (Å²) in [5, 5.41) is 0. The number of pyridine rings is 1. The second-order valence-electron chi connectivity index (χ2n) is 4.44. The first-order valence-electron chi connectivity index (χ1n) is 5.90. The molecule has 3 nitrogen and oxygen atoms in total. The third-order valence-electron chi connectivity index (χ3n) is 2.91. The maximum Gasteiger partial charge on any atom is 0.433 e. The summed E-state index contributed by atoms with van der Waals surface area (Å²) in [5.41, 5.74) is 5.01. The van der Waals surface area contributed by atoms with Crippen LogP contribution in [0, 0.1) is 5.92 Å². The molecule has 2 rings (SSSR count). The van der Waals surface area contributed by atoms with Crippen molar-refractivity contribution < 1.29 is 17.9 Å². The molecular formula is C12H15F3N2O. The summed E-state index contributed by atoms with van der Waals surface area (Å²) >= 11 is 0. The molecule has 0 aromatic carbocycles. The van der Waals surface area contributed by atoms with Crippen LogP contribution in [0.1, 0.15) is 30.5 Å². The zero-order valence-corrected chi connectivity index (χ0v) is 9.83. The number of hydrogen-bond acceptors (Lipinski definition) is 3. The summed E-state index contributed by atoms with van der Waals surface area (Å²) in [6, 6.07) is 2.25. The number of nitrogens with zero attached hydrogens (tertiary/aromatic N) is 1. The second kappa shape index (κ2) is 5.14. The minimum Gasteiger partial charge on any atom is -0.477 e. The van der Waals surface area contributed by atoms with Gasteiger partial charge in [0, 0.05) is 12.1 Å². The fourth-order valence-corrected chi connectivity index (χ4v) is 1.64. The van der Waals surface area contributed by atoms with E-state index in [9.17, 15) is 13.2 Å². The molecule has 6 heteroatoms. The molecular weight excluding hydrogens is 245 g/mol. The van der Waals surface area contributed by atoms with Crippen LogP contribution in [0.4, 0.5) is 13.2 Å². The van der Waals surface area contributed by atoms with Crippen LogP contribution >= 0.6 is 0 Å². The number of nitrogens with two attached hydrogens (primary N) is 1. The van der Waals surface area contributed by atoms with Gasteiger partial charge in [-0.05, 0) is 18.4 Å². The Hall–Kier alpha value is -1.30. The summed E-state index contributed by atoms with van der Waals surface area (Å²) in [6.45, 7) is 0.510. The van der Waals surface area contributed by atoms with Gasteiger partial charge in [-0.25, -0.2) is 4.98 Å². The predicted molar refractivity (Wildman–Crippen MR) is 60.0 cm³/mol. The molecule has 1 aliphatic carbocycles. The third kappa shape index (κ3) is 3.35. The summed E-state index contributed by atoms with van der Waals surface area (Å²) in [4.78, 5) is 3.50. The fraction of sp³-hybridized carbons (Fsp3) is 0.583. The smallest absolute Gasteiger partial charge is 0.433 e. The van der Waals surface area contributed by atoms with Crippen LogP contribution in [0.2, 0.25) is 0 Å². The molecule has 0 bridgehead atoms. The molecule has 0 unspecified atom stereocenters. The van der Waals surface area contributed by atoms with Crippen molar-refractivity contribution in [3.8, 4) is 5.88 Å². The topological polar surface area (TPSA) is 48.1 Å². The first-order chi connectivity index (χ1) is 8.50. The van der Waals surface area contributed by atoms with E-state index in [1.54, 1.807) is 0 Å². The summed E-state index contributed by atoms with van der Waals surface area (Å²) < 4.78 is 42.9. The Balaban J connectivity index is 2.08. The van der Waals surface area contributed by atoms with Crippen molar-refractivity contribution in [3.05, 3.63) is 23.4 Å². The van der Waals surface area contributed by atoms with E-state index in [0.717, 1.165) is 12.5 Å². The minimum atomic E-state index is -4.46. The van der Waals surface area contributed by atoms with E-state index in [1.165, 1.54) is 18.9 Å². The molecule has 1 aromatic heterocycles. The van der Waals surface area contributed by atoms with Gasteiger partial charge in [-0.1, -0.05) is 18.9 Å². The number of halogens is 3. The highest BCUT2D eigenvalue weighted by Gasteiger charge is 2.33. The van der Waals surface area contributed by atoms with Gasteiger partial charge in [0.1, 0.15) is 5.69 Å². The highest BCUT2D eigenvalue weighted by atomic mass is 19.4. The lowest BCUT2D eigenvalue weighted by atomic mass is 10.2. The summed E-state index contributed by atoms with van der Waals surface area (Å²) in [7, 11) is 0. The van der Waals surface area contributed by atoms with Gasteiger partial charge in [-0.15, -0.1) is 0 Å². The number of ether oxygens (including phenoxy) is 1. The van der Waals surface area contributed by atoms with Gasteiger partial charge in [-0.3, -0.25) is 0 Å². The first-order valence-corrected chi connectivity index (χ1v) is 5.90. The molecule has 1 saturated carbocycles. The zero-order valence-electron chi connectivity index (χ0n) is 9.83. The number of aromatic nitrogens is 1. The Morgan fingerprint density at radius 3 is 2.61 bits per heavy atom. The van der Waals surface area contributed by atoms with Gasteiger partial charge < -0.3 is 10.5 Å². The van der Waals surface area contributed by atoms with Crippen molar-refractivity contribution in [1.29, 1.82) is 0 Å². The Morgan fingerprint density at radius 1 is 1.33 bits per heavy atom. The molecule has 1 aromatic rings. The van der Waals surface area contributed by atoms with Gasteiger partial charge in [0.15, 0.2) is 0 Å². The molecule has 1 aliphatic rings. The van der Waals surface area contributed by atoms with E-state index >= 15 is 0 Å². The van der Waals surface area contributed by atoms with Crippen LogP contribution < -0.4 is 10.5 Å². The lowest BCUT2D eigenvalue weighted by Gasteiger charge is -2.12. The lowest BCUT2D eigenvalue weighted by Crippen LogP contribution is -2.12. The Kier molecular flexibility index (Phi) is 3.75. The molecule has 1 heterocycles. The fourth-order valence-electron chi connectivity index (χ4n) is 1.64. The van der Waals surface area contributed by atoms with E-state index < -0.39 is 11.9 Å². The van der Waals surface area contributed by atoms with Crippen molar-refractivity contribution in [3.63, 3.8) is 0 Å². The second-order valence-corrected chi connectivity index (χ2v) is 4.44. The maximum atomic E-state index is 12.5. The highest BCUT2D eigenvalue weighted by Crippen LogP contribution is 2.33. The molecule has 0 radical (unpaired) electrons. The quantitative estimate of drug-likeness (QED) is 0.885. The summed E-state index contributed by atoms with van der Waals surface area (Å²) in [5.74, 6) is 0.671. The van der Waals surface area contributed by atoms with Gasteiger partial charge >= 0.3 is 6.18 Å². The average molecular weight is 260 g/mol.